The van der Waals surface area contributed by atoms with Crippen LogP contribution in [0, 0.1) is 5.92 Å². The molecule has 0 saturated carbocycles. The highest BCUT2D eigenvalue weighted by molar-refractivity contribution is 5.37. The van der Waals surface area contributed by atoms with E-state index in [1.165, 1.54) is 36.9 Å². The Kier molecular flexibility index (Phi) is 3.67. The second-order valence-corrected chi connectivity index (χ2v) is 6.97. The van der Waals surface area contributed by atoms with Gasteiger partial charge >= 0.3 is 0 Å². The highest BCUT2D eigenvalue weighted by Crippen LogP contribution is 2.36. The summed E-state index contributed by atoms with van der Waals surface area (Å²) in [4.78, 5) is 11.9. The normalized spacial score (nSPS) is 25.4. The third kappa shape index (κ3) is 2.53. The summed E-state index contributed by atoms with van der Waals surface area (Å²) in [6, 6.07) is 0. The maximum absolute atomic E-state index is 5.83. The Morgan fingerprint density at radius 3 is 3.05 bits per heavy atom. The summed E-state index contributed by atoms with van der Waals surface area (Å²) in [7, 11) is 0. The molecule has 0 amide bonds. The third-order valence-electron chi connectivity index (χ3n) is 4.88. The zero-order valence-corrected chi connectivity index (χ0v) is 12.7. The van der Waals surface area contributed by atoms with Gasteiger partial charge in [0.2, 0.25) is 5.95 Å². The summed E-state index contributed by atoms with van der Waals surface area (Å²) in [5.41, 5.74) is 8.63. The first kappa shape index (κ1) is 13.8. The molecule has 0 aromatic carbocycles. The highest BCUT2D eigenvalue weighted by Gasteiger charge is 2.30. The van der Waals surface area contributed by atoms with Crippen LogP contribution in [0.25, 0.3) is 0 Å². The van der Waals surface area contributed by atoms with Crippen LogP contribution in [-0.4, -0.2) is 29.6 Å². The van der Waals surface area contributed by atoms with E-state index >= 15 is 0 Å². The minimum absolute atomic E-state index is 0.189. The van der Waals surface area contributed by atoms with Crippen molar-refractivity contribution in [2.24, 2.45) is 11.7 Å². The van der Waals surface area contributed by atoms with Gasteiger partial charge in [0.05, 0.1) is 5.69 Å². The molecule has 1 fully saturated rings. The van der Waals surface area contributed by atoms with Gasteiger partial charge in [-0.2, -0.15) is 0 Å². The summed E-state index contributed by atoms with van der Waals surface area (Å²) < 4.78 is 0. The van der Waals surface area contributed by atoms with E-state index in [0.29, 0.717) is 5.92 Å². The molecule has 2 heterocycles. The lowest BCUT2D eigenvalue weighted by molar-refractivity contribution is 0.405. The van der Waals surface area contributed by atoms with E-state index < -0.39 is 0 Å². The Hall–Kier alpha value is -1.16. The lowest BCUT2D eigenvalue weighted by Gasteiger charge is -2.35. The van der Waals surface area contributed by atoms with Crippen molar-refractivity contribution in [2.75, 3.05) is 24.5 Å². The summed E-state index contributed by atoms with van der Waals surface area (Å²) in [5.74, 6) is 1.51. The van der Waals surface area contributed by atoms with Gasteiger partial charge in [0, 0.05) is 24.7 Å². The highest BCUT2D eigenvalue weighted by atomic mass is 15.3. The van der Waals surface area contributed by atoms with E-state index in [2.05, 4.69) is 29.9 Å². The summed E-state index contributed by atoms with van der Waals surface area (Å²) in [6.07, 6.45) is 8.10. The quantitative estimate of drug-likeness (QED) is 0.899. The molecule has 4 nitrogen and oxygen atoms in total. The van der Waals surface area contributed by atoms with Crippen LogP contribution >= 0.6 is 0 Å². The molecule has 1 aromatic rings. The first-order valence-electron chi connectivity index (χ1n) is 7.91. The fraction of sp³-hybridized carbons (Fsp3) is 0.750. The number of aryl methyl sites for hydroxylation is 1. The Morgan fingerprint density at radius 1 is 1.40 bits per heavy atom. The van der Waals surface area contributed by atoms with E-state index in [9.17, 15) is 0 Å². The Balaban J connectivity index is 1.88. The second-order valence-electron chi connectivity index (χ2n) is 6.97. The molecule has 1 saturated heterocycles. The molecule has 1 aliphatic heterocycles. The van der Waals surface area contributed by atoms with E-state index in [1.54, 1.807) is 0 Å². The van der Waals surface area contributed by atoms with E-state index in [4.69, 9.17) is 10.7 Å². The number of piperidine rings is 1. The summed E-state index contributed by atoms with van der Waals surface area (Å²) in [5, 5.41) is 0. The smallest absolute Gasteiger partial charge is 0.225 e. The summed E-state index contributed by atoms with van der Waals surface area (Å²) in [6.45, 7) is 7.46. The first-order valence-corrected chi connectivity index (χ1v) is 7.91. The van der Waals surface area contributed by atoms with Crippen LogP contribution in [0.15, 0.2) is 6.20 Å². The van der Waals surface area contributed by atoms with Crippen molar-refractivity contribution in [3.05, 3.63) is 17.5 Å². The van der Waals surface area contributed by atoms with Gasteiger partial charge in [-0.25, -0.2) is 9.97 Å². The molecule has 2 aliphatic rings. The van der Waals surface area contributed by atoms with Crippen LogP contribution in [0.2, 0.25) is 0 Å². The van der Waals surface area contributed by atoms with Crippen LogP contribution < -0.4 is 10.6 Å². The molecule has 0 bridgehead atoms. The van der Waals surface area contributed by atoms with Crippen LogP contribution in [0.1, 0.15) is 50.8 Å². The lowest BCUT2D eigenvalue weighted by Crippen LogP contribution is -2.40. The van der Waals surface area contributed by atoms with Crippen molar-refractivity contribution in [3.8, 4) is 0 Å². The molecule has 2 N–H and O–H groups in total. The number of fused-ring (bicyclic) bond motifs is 1. The zero-order valence-electron chi connectivity index (χ0n) is 12.7. The SMILES string of the molecule is CC1(C)CCCc2cnc(N3CCCC(CN)C3)nc21. The maximum atomic E-state index is 5.83. The minimum Gasteiger partial charge on any atom is -0.340 e. The molecule has 3 rings (SSSR count). The van der Waals surface area contributed by atoms with Crippen molar-refractivity contribution < 1.29 is 0 Å². The van der Waals surface area contributed by atoms with Gasteiger partial charge in [-0.15, -0.1) is 0 Å². The Bertz CT molecular complexity index is 483. The number of aromatic nitrogens is 2. The van der Waals surface area contributed by atoms with Crippen LogP contribution in [0.4, 0.5) is 5.95 Å². The molecule has 1 unspecified atom stereocenters. The number of anilines is 1. The molecular formula is C16H26N4. The topological polar surface area (TPSA) is 55.0 Å². The lowest BCUT2D eigenvalue weighted by atomic mass is 9.76. The predicted octanol–water partition coefficient (Wildman–Crippen LogP) is 2.27. The number of hydrogen-bond donors (Lipinski definition) is 1. The molecular weight excluding hydrogens is 248 g/mol. The first-order chi connectivity index (χ1) is 9.60. The molecule has 0 spiro atoms. The third-order valence-corrected chi connectivity index (χ3v) is 4.88. The van der Waals surface area contributed by atoms with Gasteiger partial charge in [-0.1, -0.05) is 13.8 Å². The second kappa shape index (κ2) is 5.32. The average molecular weight is 274 g/mol. The molecule has 4 heteroatoms. The van der Waals surface area contributed by atoms with Crippen molar-refractivity contribution in [2.45, 2.75) is 51.4 Å². The predicted molar refractivity (Wildman–Crippen MR) is 82.0 cm³/mol. The standard InChI is InChI=1S/C16H26N4/c1-16(2)7-3-6-13-10-18-15(19-14(13)16)20-8-4-5-12(9-17)11-20/h10,12H,3-9,11,17H2,1-2H3. The van der Waals surface area contributed by atoms with Gasteiger partial charge in [-0.3, -0.25) is 0 Å². The van der Waals surface area contributed by atoms with Crippen molar-refractivity contribution in [1.29, 1.82) is 0 Å². The summed E-state index contributed by atoms with van der Waals surface area (Å²) >= 11 is 0. The Labute approximate surface area is 121 Å². The van der Waals surface area contributed by atoms with Crippen LogP contribution in [0.3, 0.4) is 0 Å². The fourth-order valence-electron chi connectivity index (χ4n) is 3.60. The van der Waals surface area contributed by atoms with Gasteiger partial charge < -0.3 is 10.6 Å². The average Bonchev–Trinajstić information content (AvgIpc) is 2.47. The fourth-order valence-corrected chi connectivity index (χ4v) is 3.60. The number of nitrogens with two attached hydrogens (primary N) is 1. The Morgan fingerprint density at radius 2 is 2.25 bits per heavy atom. The van der Waals surface area contributed by atoms with E-state index in [0.717, 1.165) is 32.0 Å². The van der Waals surface area contributed by atoms with Crippen molar-refractivity contribution in [3.63, 3.8) is 0 Å². The van der Waals surface area contributed by atoms with Gasteiger partial charge in [0.25, 0.3) is 0 Å². The molecule has 0 radical (unpaired) electrons. The zero-order chi connectivity index (χ0) is 14.2. The largest absolute Gasteiger partial charge is 0.340 e. The van der Waals surface area contributed by atoms with Gasteiger partial charge in [0.15, 0.2) is 0 Å². The number of nitrogens with zero attached hydrogens (tertiary/aromatic N) is 3. The van der Waals surface area contributed by atoms with E-state index in [-0.39, 0.29) is 5.41 Å². The molecule has 1 aromatic heterocycles. The maximum Gasteiger partial charge on any atom is 0.225 e. The molecule has 1 aliphatic carbocycles. The number of rotatable bonds is 2. The van der Waals surface area contributed by atoms with E-state index in [1.807, 2.05) is 0 Å². The minimum atomic E-state index is 0.189. The molecule has 110 valence electrons. The van der Waals surface area contributed by atoms with Crippen molar-refractivity contribution in [1.82, 2.24) is 9.97 Å². The molecule has 1 atom stereocenters. The van der Waals surface area contributed by atoms with Crippen LogP contribution in [0.5, 0.6) is 0 Å². The number of hydrogen-bond acceptors (Lipinski definition) is 4. The van der Waals surface area contributed by atoms with Gasteiger partial charge in [-0.05, 0) is 50.1 Å². The monoisotopic (exact) mass is 274 g/mol. The van der Waals surface area contributed by atoms with Crippen LogP contribution in [-0.2, 0) is 11.8 Å². The molecule has 20 heavy (non-hydrogen) atoms. The van der Waals surface area contributed by atoms with Crippen molar-refractivity contribution >= 4 is 5.95 Å². The van der Waals surface area contributed by atoms with Gasteiger partial charge in [0.1, 0.15) is 0 Å².